The van der Waals surface area contributed by atoms with Crippen LogP contribution in [0.4, 0.5) is 0 Å². The third kappa shape index (κ3) is 7.24. The fourth-order valence-corrected chi connectivity index (χ4v) is 2.83. The molecule has 2 aromatic rings. The lowest BCUT2D eigenvalue weighted by Gasteiger charge is -2.24. The van der Waals surface area contributed by atoms with E-state index in [1.807, 2.05) is 43.5 Å². The highest BCUT2D eigenvalue weighted by Crippen LogP contribution is 2.18. The summed E-state index contributed by atoms with van der Waals surface area (Å²) in [5, 5.41) is 29.6. The van der Waals surface area contributed by atoms with Crippen LogP contribution in [0.15, 0.2) is 17.4 Å². The van der Waals surface area contributed by atoms with Gasteiger partial charge in [0.15, 0.2) is 11.8 Å². The monoisotopic (exact) mass is 522 g/mol. The lowest BCUT2D eigenvalue weighted by molar-refractivity contribution is 0.0616. The predicted octanol–water partition coefficient (Wildman–Crippen LogP) is 1.17. The third-order valence-corrected chi connectivity index (χ3v) is 5.00. The SMILES string of the molecule is CSCCCNC(=NCc1nnc(C)n1C)NCC(C)(O)c1cnn(C)c1.I. The predicted molar refractivity (Wildman–Crippen MR) is 124 cm³/mol. The van der Waals surface area contributed by atoms with E-state index < -0.39 is 5.60 Å². The third-order valence-electron chi connectivity index (χ3n) is 4.31. The van der Waals surface area contributed by atoms with Crippen LogP contribution < -0.4 is 10.6 Å². The van der Waals surface area contributed by atoms with Crippen molar-refractivity contribution in [3.05, 3.63) is 29.6 Å². The minimum atomic E-state index is -1.06. The molecule has 2 aromatic heterocycles. The second-order valence-corrected chi connectivity index (χ2v) is 7.68. The fraction of sp³-hybridized carbons (Fsp3) is 0.647. The zero-order valence-corrected chi connectivity index (χ0v) is 20.3. The number of aryl methyl sites for hydroxylation is 2. The zero-order chi connectivity index (χ0) is 19.9. The van der Waals surface area contributed by atoms with E-state index in [1.54, 1.807) is 17.8 Å². The van der Waals surface area contributed by atoms with Crippen LogP contribution in [0.3, 0.4) is 0 Å². The first kappa shape index (κ1) is 24.7. The van der Waals surface area contributed by atoms with Crippen molar-refractivity contribution in [2.45, 2.75) is 32.4 Å². The average Bonchev–Trinajstić information content (AvgIpc) is 3.21. The number of aliphatic hydroxyl groups is 1. The van der Waals surface area contributed by atoms with E-state index in [2.05, 4.69) is 37.2 Å². The standard InChI is InChI=1S/C17H30N8OS.HI/c1-13-22-23-15(25(13)4)10-19-16(18-7-6-8-27-5)20-12-17(2,26)14-9-21-24(3)11-14;/h9,11,26H,6-8,10,12H2,1-5H3,(H2,18,19,20);1H. The number of nitrogens with zero attached hydrogens (tertiary/aromatic N) is 6. The van der Waals surface area contributed by atoms with Crippen molar-refractivity contribution in [3.8, 4) is 0 Å². The van der Waals surface area contributed by atoms with Crippen molar-refractivity contribution in [1.29, 1.82) is 0 Å². The Bertz CT molecular complexity index is 758. The van der Waals surface area contributed by atoms with Gasteiger partial charge in [-0.05, 0) is 32.3 Å². The summed E-state index contributed by atoms with van der Waals surface area (Å²) in [5.41, 5.74) is -0.305. The molecule has 3 N–H and O–H groups in total. The molecule has 0 bridgehead atoms. The van der Waals surface area contributed by atoms with E-state index in [0.717, 1.165) is 35.9 Å². The van der Waals surface area contributed by atoms with Gasteiger partial charge in [0.2, 0.25) is 0 Å². The molecular weight excluding hydrogens is 491 g/mol. The van der Waals surface area contributed by atoms with E-state index in [9.17, 15) is 5.11 Å². The first-order chi connectivity index (χ1) is 12.8. The molecule has 1 atom stereocenters. The molecular formula is C17H31IN8OS. The van der Waals surface area contributed by atoms with E-state index in [4.69, 9.17) is 0 Å². The zero-order valence-electron chi connectivity index (χ0n) is 17.1. The summed E-state index contributed by atoms with van der Waals surface area (Å²) >= 11 is 1.81. The highest BCUT2D eigenvalue weighted by molar-refractivity contribution is 14.0. The molecule has 9 nitrogen and oxygen atoms in total. The second-order valence-electron chi connectivity index (χ2n) is 6.69. The molecule has 1 unspecified atom stereocenters. The largest absolute Gasteiger partial charge is 0.383 e. The molecule has 158 valence electrons. The Morgan fingerprint density at radius 2 is 2.07 bits per heavy atom. The Balaban J connectivity index is 0.00000392. The van der Waals surface area contributed by atoms with E-state index >= 15 is 0 Å². The minimum absolute atomic E-state index is 0. The summed E-state index contributed by atoms with van der Waals surface area (Å²) in [6.07, 6.45) is 6.61. The summed E-state index contributed by atoms with van der Waals surface area (Å²) in [6, 6.07) is 0. The Kier molecular flexibility index (Phi) is 10.2. The average molecular weight is 522 g/mol. The van der Waals surface area contributed by atoms with Crippen LogP contribution in [-0.2, 0) is 26.2 Å². The van der Waals surface area contributed by atoms with Crippen LogP contribution in [0, 0.1) is 6.92 Å². The van der Waals surface area contributed by atoms with Gasteiger partial charge in [-0.2, -0.15) is 16.9 Å². The van der Waals surface area contributed by atoms with Crippen LogP contribution in [0.2, 0.25) is 0 Å². The molecule has 0 saturated heterocycles. The molecule has 2 heterocycles. The van der Waals surface area contributed by atoms with Gasteiger partial charge in [0.25, 0.3) is 0 Å². The first-order valence-electron chi connectivity index (χ1n) is 8.91. The number of guanidine groups is 1. The minimum Gasteiger partial charge on any atom is -0.383 e. The number of thioether (sulfide) groups is 1. The van der Waals surface area contributed by atoms with Crippen LogP contribution in [0.1, 0.15) is 30.6 Å². The lowest BCUT2D eigenvalue weighted by atomic mass is 10.00. The molecule has 0 aliphatic rings. The molecule has 0 aliphatic heterocycles. The van der Waals surface area contributed by atoms with E-state index in [0.29, 0.717) is 19.0 Å². The Hall–Kier alpha value is -1.34. The molecule has 0 aliphatic carbocycles. The number of hydrogen-bond donors (Lipinski definition) is 3. The maximum atomic E-state index is 10.8. The van der Waals surface area contributed by atoms with Crippen molar-refractivity contribution >= 4 is 41.7 Å². The summed E-state index contributed by atoms with van der Waals surface area (Å²) in [4.78, 5) is 4.60. The van der Waals surface area contributed by atoms with Gasteiger partial charge in [-0.25, -0.2) is 4.99 Å². The molecule has 0 radical (unpaired) electrons. The van der Waals surface area contributed by atoms with Gasteiger partial charge in [0.05, 0.1) is 12.7 Å². The highest BCUT2D eigenvalue weighted by Gasteiger charge is 2.25. The molecule has 11 heteroatoms. The molecule has 2 rings (SSSR count). The van der Waals surface area contributed by atoms with Crippen LogP contribution in [0.5, 0.6) is 0 Å². The first-order valence-corrected chi connectivity index (χ1v) is 10.3. The summed E-state index contributed by atoms with van der Waals surface area (Å²) < 4.78 is 3.59. The number of rotatable bonds is 9. The number of aromatic nitrogens is 5. The van der Waals surface area contributed by atoms with Crippen molar-refractivity contribution in [3.63, 3.8) is 0 Å². The number of halogens is 1. The summed E-state index contributed by atoms with van der Waals surface area (Å²) in [5.74, 6) is 3.36. The van der Waals surface area contributed by atoms with Crippen LogP contribution in [0.25, 0.3) is 0 Å². The van der Waals surface area contributed by atoms with Gasteiger partial charge in [-0.1, -0.05) is 0 Å². The van der Waals surface area contributed by atoms with Gasteiger partial charge < -0.3 is 20.3 Å². The summed E-state index contributed by atoms with van der Waals surface area (Å²) in [6.45, 7) is 5.19. The van der Waals surface area contributed by atoms with Crippen LogP contribution in [-0.4, -0.2) is 60.7 Å². The van der Waals surface area contributed by atoms with Gasteiger partial charge >= 0.3 is 0 Å². The van der Waals surface area contributed by atoms with Crippen LogP contribution >= 0.6 is 35.7 Å². The van der Waals surface area contributed by atoms with Gasteiger partial charge in [0.1, 0.15) is 18.0 Å². The molecule has 0 amide bonds. The lowest BCUT2D eigenvalue weighted by Crippen LogP contribution is -2.44. The topological polar surface area (TPSA) is 105 Å². The fourth-order valence-electron chi connectivity index (χ4n) is 2.39. The molecule has 0 spiro atoms. The normalized spacial score (nSPS) is 13.7. The van der Waals surface area contributed by atoms with Crippen molar-refractivity contribution in [2.75, 3.05) is 25.1 Å². The molecule has 0 saturated carbocycles. The van der Waals surface area contributed by atoms with Crippen molar-refractivity contribution < 1.29 is 5.11 Å². The Labute approximate surface area is 187 Å². The number of aliphatic imine (C=N–C) groups is 1. The van der Waals surface area contributed by atoms with E-state index in [-0.39, 0.29) is 24.0 Å². The van der Waals surface area contributed by atoms with Crippen molar-refractivity contribution in [2.24, 2.45) is 19.1 Å². The van der Waals surface area contributed by atoms with Gasteiger partial charge in [-0.3, -0.25) is 4.68 Å². The molecule has 0 aromatic carbocycles. The Morgan fingerprint density at radius 3 is 2.64 bits per heavy atom. The molecule has 28 heavy (non-hydrogen) atoms. The molecule has 0 fully saturated rings. The van der Waals surface area contributed by atoms with Gasteiger partial charge in [0, 0.05) is 32.4 Å². The van der Waals surface area contributed by atoms with Crippen molar-refractivity contribution in [1.82, 2.24) is 35.2 Å². The van der Waals surface area contributed by atoms with E-state index in [1.165, 1.54) is 0 Å². The number of hydrogen-bond acceptors (Lipinski definition) is 6. The van der Waals surface area contributed by atoms with Gasteiger partial charge in [-0.15, -0.1) is 34.2 Å². The Morgan fingerprint density at radius 1 is 1.32 bits per heavy atom. The second kappa shape index (κ2) is 11.6. The smallest absolute Gasteiger partial charge is 0.191 e. The maximum Gasteiger partial charge on any atom is 0.191 e. The summed E-state index contributed by atoms with van der Waals surface area (Å²) in [7, 11) is 3.75. The quantitative estimate of drug-likeness (QED) is 0.197. The highest BCUT2D eigenvalue weighted by atomic mass is 127. The maximum absolute atomic E-state index is 10.8. The number of nitrogens with one attached hydrogen (secondary N) is 2.